The van der Waals surface area contributed by atoms with E-state index < -0.39 is 53.1 Å². The van der Waals surface area contributed by atoms with Crippen LogP contribution in [0.15, 0.2) is 65.1 Å². The third kappa shape index (κ3) is 5.85. The zero-order chi connectivity index (χ0) is 29.7. The van der Waals surface area contributed by atoms with Crippen LogP contribution < -0.4 is 15.0 Å². The van der Waals surface area contributed by atoms with Crippen molar-refractivity contribution in [1.29, 1.82) is 0 Å². The summed E-state index contributed by atoms with van der Waals surface area (Å²) < 4.78 is 113. The Bertz CT molecular complexity index is 1450. The zero-order valence-corrected chi connectivity index (χ0v) is 22.4. The summed E-state index contributed by atoms with van der Waals surface area (Å²) >= 11 is 3.34. The molecule has 3 aromatic rings. The second kappa shape index (κ2) is 10.5. The average molecular weight is 650 g/mol. The van der Waals surface area contributed by atoms with Gasteiger partial charge >= 0.3 is 12.5 Å². The summed E-state index contributed by atoms with van der Waals surface area (Å²) in [6.45, 7) is -0.420. The lowest BCUT2D eigenvalue weighted by molar-refractivity contribution is -0.274. The van der Waals surface area contributed by atoms with Crippen molar-refractivity contribution < 1.29 is 44.7 Å². The number of anilines is 2. The van der Waals surface area contributed by atoms with Crippen molar-refractivity contribution in [2.75, 3.05) is 23.3 Å². The maximum Gasteiger partial charge on any atom is 0.573 e. The number of halogens is 9. The minimum Gasteiger partial charge on any atom is -0.406 e. The van der Waals surface area contributed by atoms with Gasteiger partial charge in [0.15, 0.2) is 11.6 Å². The van der Waals surface area contributed by atoms with Gasteiger partial charge in [0.1, 0.15) is 17.5 Å². The lowest BCUT2D eigenvalue weighted by atomic mass is 9.88. The molecule has 218 valence electrons. The molecule has 1 unspecified atom stereocenters. The highest BCUT2D eigenvalue weighted by molar-refractivity contribution is 9.10. The van der Waals surface area contributed by atoms with Gasteiger partial charge in [0, 0.05) is 41.8 Å². The Balaban J connectivity index is 1.50. The van der Waals surface area contributed by atoms with Crippen molar-refractivity contribution >= 4 is 33.2 Å². The van der Waals surface area contributed by atoms with Crippen LogP contribution in [0.3, 0.4) is 0 Å². The largest absolute Gasteiger partial charge is 0.573 e. The van der Waals surface area contributed by atoms with E-state index in [1.807, 2.05) is 0 Å². The van der Waals surface area contributed by atoms with E-state index in [4.69, 9.17) is 0 Å². The van der Waals surface area contributed by atoms with Gasteiger partial charge in [-0.25, -0.2) is 8.78 Å². The molecule has 1 spiro atoms. The molecule has 0 bridgehead atoms. The van der Waals surface area contributed by atoms with Gasteiger partial charge in [-0.2, -0.15) is 13.2 Å². The fourth-order valence-corrected chi connectivity index (χ4v) is 5.74. The molecule has 3 aromatic carbocycles. The van der Waals surface area contributed by atoms with E-state index in [-0.39, 0.29) is 37.2 Å². The molecule has 1 N–H and O–H groups in total. The number of fused-ring (bicyclic) bond motifs is 1. The Labute approximate surface area is 236 Å². The monoisotopic (exact) mass is 649 g/mol. The van der Waals surface area contributed by atoms with Crippen LogP contribution in [-0.2, 0) is 0 Å². The first-order valence-electron chi connectivity index (χ1n) is 12.2. The van der Waals surface area contributed by atoms with Crippen LogP contribution in [-0.4, -0.2) is 42.1 Å². The van der Waals surface area contributed by atoms with Crippen molar-refractivity contribution in [1.82, 2.24) is 4.90 Å². The molecule has 2 heterocycles. The molecule has 1 saturated heterocycles. The maximum atomic E-state index is 14.2. The van der Waals surface area contributed by atoms with Gasteiger partial charge in [-0.05, 0) is 60.2 Å². The molecular weight excluding hydrogens is 630 g/mol. The smallest absolute Gasteiger partial charge is 0.406 e. The number of carbonyl (C=O) groups is 1. The lowest BCUT2D eigenvalue weighted by Gasteiger charge is -2.53. The second-order valence-corrected chi connectivity index (χ2v) is 10.6. The summed E-state index contributed by atoms with van der Waals surface area (Å²) in [5.41, 5.74) is -0.831. The Morgan fingerprint density at radius 3 is 2.12 bits per heavy atom. The number of benzene rings is 3. The lowest BCUT2D eigenvalue weighted by Crippen LogP contribution is -2.65. The van der Waals surface area contributed by atoms with Gasteiger partial charge in [0.2, 0.25) is 0 Å². The summed E-state index contributed by atoms with van der Waals surface area (Å²) in [7, 11) is 0. The van der Waals surface area contributed by atoms with Gasteiger partial charge < -0.3 is 10.1 Å². The first-order chi connectivity index (χ1) is 19.2. The standard InChI is InChI=1S/C27H20BrF8N3O2/c28-16-2-7-19-22(14-16)37-25(39(24(19)40)17-3-5-18(6-4-17)41-27(34,35)36)9-11-38(12-10-25)23(26(31,32)33)15-1-8-20(29)21(30)13-15/h1-8,13-14,23,37H,9-12H2. The zero-order valence-electron chi connectivity index (χ0n) is 20.8. The molecule has 2 aliphatic rings. The number of hydrogen-bond acceptors (Lipinski definition) is 4. The van der Waals surface area contributed by atoms with Crippen molar-refractivity contribution in [3.63, 3.8) is 0 Å². The molecule has 1 atom stereocenters. The number of alkyl halides is 6. The topological polar surface area (TPSA) is 44.8 Å². The van der Waals surface area contributed by atoms with Crippen molar-refractivity contribution in [3.8, 4) is 5.75 Å². The van der Waals surface area contributed by atoms with Crippen molar-refractivity contribution in [3.05, 3.63) is 87.9 Å². The molecule has 0 saturated carbocycles. The van der Waals surface area contributed by atoms with E-state index in [0.717, 1.165) is 23.1 Å². The minimum absolute atomic E-state index is 0.0399. The summed E-state index contributed by atoms with van der Waals surface area (Å²) in [5, 5.41) is 3.29. The van der Waals surface area contributed by atoms with Crippen LogP contribution in [0.1, 0.15) is 34.8 Å². The fourth-order valence-electron chi connectivity index (χ4n) is 5.38. The number of likely N-dealkylation sites (tertiary alicyclic amines) is 1. The van der Waals surface area contributed by atoms with Crippen molar-refractivity contribution in [2.45, 2.75) is 37.1 Å². The summed E-state index contributed by atoms with van der Waals surface area (Å²) in [6, 6.07) is 9.24. The number of nitrogens with zero attached hydrogens (tertiary/aromatic N) is 2. The molecule has 0 radical (unpaired) electrons. The van der Waals surface area contributed by atoms with Gasteiger partial charge in [0.25, 0.3) is 5.91 Å². The molecule has 0 aromatic heterocycles. The number of nitrogens with one attached hydrogen (secondary N) is 1. The Kier molecular flexibility index (Phi) is 7.43. The Morgan fingerprint density at radius 1 is 0.878 bits per heavy atom. The minimum atomic E-state index is -4.92. The normalized spacial score (nSPS) is 18.2. The summed E-state index contributed by atoms with van der Waals surface area (Å²) in [6.07, 6.45) is -9.83. The molecule has 1 fully saturated rings. The van der Waals surface area contributed by atoms with Crippen LogP contribution in [0.25, 0.3) is 0 Å². The third-order valence-electron chi connectivity index (χ3n) is 7.10. The van der Waals surface area contributed by atoms with Gasteiger partial charge in [-0.1, -0.05) is 22.0 Å². The maximum absolute atomic E-state index is 14.2. The van der Waals surface area contributed by atoms with Crippen LogP contribution in [0, 0.1) is 11.6 Å². The van der Waals surface area contributed by atoms with Crippen LogP contribution >= 0.6 is 15.9 Å². The molecule has 5 nitrogen and oxygen atoms in total. The van der Waals surface area contributed by atoms with E-state index in [0.29, 0.717) is 22.3 Å². The van der Waals surface area contributed by atoms with Gasteiger partial charge in [0.05, 0.1) is 5.56 Å². The first-order valence-corrected chi connectivity index (χ1v) is 13.0. The van der Waals surface area contributed by atoms with Crippen LogP contribution in [0.2, 0.25) is 0 Å². The summed E-state index contributed by atoms with van der Waals surface area (Å²) in [5.74, 6) is -3.69. The predicted octanol–water partition coefficient (Wildman–Crippen LogP) is 7.79. The molecule has 14 heteroatoms. The first kappa shape index (κ1) is 29.1. The van der Waals surface area contributed by atoms with E-state index in [2.05, 4.69) is 26.0 Å². The Morgan fingerprint density at radius 2 is 1.54 bits per heavy atom. The van der Waals surface area contributed by atoms with Gasteiger partial charge in [-0.15, -0.1) is 13.2 Å². The molecule has 41 heavy (non-hydrogen) atoms. The number of carbonyl (C=O) groups excluding carboxylic acids is 1. The third-order valence-corrected chi connectivity index (χ3v) is 7.59. The molecule has 1 amide bonds. The van der Waals surface area contributed by atoms with Crippen LogP contribution in [0.5, 0.6) is 5.75 Å². The SMILES string of the molecule is O=C1c2ccc(Br)cc2NC2(CCN(C(c3ccc(F)c(F)c3)C(F)(F)F)CC2)N1c1ccc(OC(F)(F)F)cc1. The van der Waals surface area contributed by atoms with E-state index in [1.54, 1.807) is 18.2 Å². The fraction of sp³-hybridized carbons (Fsp3) is 0.296. The van der Waals surface area contributed by atoms with Crippen LogP contribution in [0.4, 0.5) is 46.5 Å². The number of hydrogen-bond donors (Lipinski definition) is 1. The summed E-state index contributed by atoms with van der Waals surface area (Å²) in [4.78, 5) is 16.2. The predicted molar refractivity (Wildman–Crippen MR) is 136 cm³/mol. The highest BCUT2D eigenvalue weighted by Crippen LogP contribution is 2.45. The van der Waals surface area contributed by atoms with E-state index in [1.165, 1.54) is 17.0 Å². The number of amides is 1. The number of ether oxygens (including phenoxy) is 1. The van der Waals surface area contributed by atoms with E-state index in [9.17, 15) is 39.9 Å². The second-order valence-electron chi connectivity index (χ2n) is 9.68. The van der Waals surface area contributed by atoms with E-state index >= 15 is 0 Å². The molecule has 2 aliphatic heterocycles. The van der Waals surface area contributed by atoms with Gasteiger partial charge in [-0.3, -0.25) is 14.6 Å². The molecule has 0 aliphatic carbocycles. The quantitative estimate of drug-likeness (QED) is 0.293. The highest BCUT2D eigenvalue weighted by atomic mass is 79.9. The van der Waals surface area contributed by atoms with Crippen molar-refractivity contribution in [2.24, 2.45) is 0 Å². The average Bonchev–Trinajstić information content (AvgIpc) is 2.87. The highest BCUT2D eigenvalue weighted by Gasteiger charge is 2.52. The number of piperidine rings is 1. The Hall–Kier alpha value is -3.39. The molecule has 5 rings (SSSR count). The number of rotatable bonds is 4. The molecular formula is C27H20BrF8N3O2.